The lowest BCUT2D eigenvalue weighted by Gasteiger charge is -2.27. The second-order valence-electron chi connectivity index (χ2n) is 10.0. The third-order valence-electron chi connectivity index (χ3n) is 6.87. The van der Waals surface area contributed by atoms with Crippen LogP contribution in [0, 0.1) is 17.8 Å². The molecule has 10 heteroatoms. The van der Waals surface area contributed by atoms with Gasteiger partial charge in [0.05, 0.1) is 13.0 Å². The van der Waals surface area contributed by atoms with Crippen molar-refractivity contribution in [2.75, 3.05) is 13.7 Å². The molecule has 0 spiro atoms. The second kappa shape index (κ2) is 13.2. The third kappa shape index (κ3) is 7.09. The van der Waals surface area contributed by atoms with Gasteiger partial charge >= 0.3 is 5.97 Å². The van der Waals surface area contributed by atoms with Crippen molar-refractivity contribution in [2.45, 2.75) is 65.0 Å². The van der Waals surface area contributed by atoms with Gasteiger partial charge in [-0.25, -0.2) is 5.48 Å². The van der Waals surface area contributed by atoms with Crippen LogP contribution < -0.4 is 16.1 Å². The van der Waals surface area contributed by atoms with Crippen molar-refractivity contribution in [3.05, 3.63) is 36.0 Å². The number of fused-ring (bicyclic) bond motifs is 5. The topological polar surface area (TPSA) is 139 Å². The number of aromatic nitrogens is 1. The molecule has 0 fully saturated rings. The van der Waals surface area contributed by atoms with Crippen LogP contribution in [0.3, 0.4) is 0 Å². The van der Waals surface area contributed by atoms with Crippen molar-refractivity contribution in [1.82, 2.24) is 20.7 Å². The molecule has 0 radical (unpaired) electrons. The van der Waals surface area contributed by atoms with E-state index in [2.05, 4.69) is 15.2 Å². The molecule has 0 aliphatic carbocycles. The molecule has 3 rings (SSSR count). The number of hydrogen-bond acceptors (Lipinski definition) is 6. The summed E-state index contributed by atoms with van der Waals surface area (Å²) in [5.41, 5.74) is 3.47. The molecule has 10 nitrogen and oxygen atoms in total. The Balaban J connectivity index is 1.96. The maximum atomic E-state index is 13.6. The zero-order valence-electron chi connectivity index (χ0n) is 21.8. The van der Waals surface area contributed by atoms with E-state index in [1.54, 1.807) is 0 Å². The summed E-state index contributed by atoms with van der Waals surface area (Å²) in [5, 5.41) is 16.0. The highest BCUT2D eigenvalue weighted by atomic mass is 16.5. The van der Waals surface area contributed by atoms with E-state index < -0.39 is 35.7 Å². The summed E-state index contributed by atoms with van der Waals surface area (Å²) < 4.78 is 6.95. The van der Waals surface area contributed by atoms with Crippen LogP contribution >= 0.6 is 0 Å². The minimum atomic E-state index is -1.56. The van der Waals surface area contributed by atoms with E-state index in [0.29, 0.717) is 6.54 Å². The molecule has 1 aliphatic heterocycles. The number of nitrogens with one attached hydrogen (secondary N) is 3. The average molecular weight is 515 g/mol. The summed E-state index contributed by atoms with van der Waals surface area (Å²) in [6.07, 6.45) is 6.36. The van der Waals surface area contributed by atoms with Crippen molar-refractivity contribution in [1.29, 1.82) is 0 Å². The SMILES string of the molecule is COC(=O)C(C(=O)NO)[C@@H](CC(C)C)C(=O)NC1Cc2cn(c3ccccc23)CCCCCCNC1=O. The highest BCUT2D eigenvalue weighted by Crippen LogP contribution is 2.26. The van der Waals surface area contributed by atoms with Gasteiger partial charge in [-0.05, 0) is 36.8 Å². The normalized spacial score (nSPS) is 18.5. The Bertz CT molecular complexity index is 1100. The van der Waals surface area contributed by atoms with Crippen LogP contribution in [0.2, 0.25) is 0 Å². The number of benzene rings is 1. The molecule has 4 N–H and O–H groups in total. The highest BCUT2D eigenvalue weighted by molar-refractivity contribution is 6.02. The summed E-state index contributed by atoms with van der Waals surface area (Å²) >= 11 is 0. The number of amides is 3. The number of carbonyl (C=O) groups is 4. The predicted octanol–water partition coefficient (Wildman–Crippen LogP) is 2.32. The molecule has 2 bridgehead atoms. The van der Waals surface area contributed by atoms with Gasteiger partial charge in [0, 0.05) is 36.6 Å². The minimum absolute atomic E-state index is 0.0544. The molecule has 0 saturated heterocycles. The summed E-state index contributed by atoms with van der Waals surface area (Å²) in [5.74, 6) is -5.67. The quantitative estimate of drug-likeness (QED) is 0.194. The Kier molecular flexibility index (Phi) is 10.1. The molecule has 37 heavy (non-hydrogen) atoms. The van der Waals surface area contributed by atoms with Gasteiger partial charge in [-0.3, -0.25) is 24.4 Å². The molecule has 0 saturated carbocycles. The maximum absolute atomic E-state index is 13.6. The van der Waals surface area contributed by atoms with Gasteiger partial charge in [-0.1, -0.05) is 44.9 Å². The molecule has 1 aromatic carbocycles. The van der Waals surface area contributed by atoms with E-state index >= 15 is 0 Å². The number of rotatable bonds is 7. The lowest BCUT2D eigenvalue weighted by atomic mass is 9.83. The van der Waals surface area contributed by atoms with Crippen molar-refractivity contribution in [2.24, 2.45) is 17.8 Å². The van der Waals surface area contributed by atoms with Gasteiger partial charge < -0.3 is 19.9 Å². The first-order valence-electron chi connectivity index (χ1n) is 12.9. The van der Waals surface area contributed by atoms with E-state index in [4.69, 9.17) is 4.74 Å². The average Bonchev–Trinajstić information content (AvgIpc) is 3.23. The monoisotopic (exact) mass is 514 g/mol. The Morgan fingerprint density at radius 2 is 1.86 bits per heavy atom. The third-order valence-corrected chi connectivity index (χ3v) is 6.87. The molecule has 202 valence electrons. The molecule has 1 aliphatic rings. The molecule has 2 aromatic rings. The number of hydrogen-bond donors (Lipinski definition) is 4. The van der Waals surface area contributed by atoms with Gasteiger partial charge in [-0.15, -0.1) is 0 Å². The first-order chi connectivity index (χ1) is 17.8. The lowest BCUT2D eigenvalue weighted by molar-refractivity contribution is -0.158. The summed E-state index contributed by atoms with van der Waals surface area (Å²) in [6, 6.07) is 7.06. The van der Waals surface area contributed by atoms with Crippen LogP contribution in [0.15, 0.2) is 30.5 Å². The maximum Gasteiger partial charge on any atom is 0.319 e. The summed E-state index contributed by atoms with van der Waals surface area (Å²) in [6.45, 7) is 5.07. The number of aryl methyl sites for hydroxylation is 1. The summed E-state index contributed by atoms with van der Waals surface area (Å²) in [7, 11) is 1.11. The predicted molar refractivity (Wildman–Crippen MR) is 137 cm³/mol. The minimum Gasteiger partial charge on any atom is -0.468 e. The lowest BCUT2D eigenvalue weighted by Crippen LogP contribution is -2.53. The number of ether oxygens (including phenoxy) is 1. The van der Waals surface area contributed by atoms with Gasteiger partial charge in [0.25, 0.3) is 5.91 Å². The first-order valence-corrected chi connectivity index (χ1v) is 12.9. The second-order valence-corrected chi connectivity index (χ2v) is 10.0. The van der Waals surface area contributed by atoms with Crippen LogP contribution in [-0.2, 0) is 36.9 Å². The van der Waals surface area contributed by atoms with Crippen LogP contribution in [0.1, 0.15) is 51.5 Å². The number of esters is 1. The Hall–Kier alpha value is -3.40. The van der Waals surface area contributed by atoms with Gasteiger partial charge in [0.2, 0.25) is 11.8 Å². The van der Waals surface area contributed by atoms with E-state index in [1.807, 2.05) is 44.3 Å². The molecule has 2 unspecified atom stereocenters. The molecule has 3 amide bonds. The first kappa shape index (κ1) is 28.2. The number of hydroxylamine groups is 1. The molecule has 3 atom stereocenters. The van der Waals surface area contributed by atoms with E-state index in [1.165, 1.54) is 5.48 Å². The molecule has 2 heterocycles. The van der Waals surface area contributed by atoms with Crippen molar-refractivity contribution in [3.8, 4) is 0 Å². The van der Waals surface area contributed by atoms with Crippen LogP contribution in [0.4, 0.5) is 0 Å². The van der Waals surface area contributed by atoms with Crippen molar-refractivity contribution in [3.63, 3.8) is 0 Å². The molecule has 1 aromatic heterocycles. The molecular formula is C27H38N4O6. The van der Waals surface area contributed by atoms with Gasteiger partial charge in [0.1, 0.15) is 12.0 Å². The smallest absolute Gasteiger partial charge is 0.319 e. The highest BCUT2D eigenvalue weighted by Gasteiger charge is 2.41. The van der Waals surface area contributed by atoms with Crippen LogP contribution in [0.5, 0.6) is 0 Å². The van der Waals surface area contributed by atoms with E-state index in [9.17, 15) is 24.4 Å². The standard InChI is InChI=1S/C27H38N4O6/c1-17(2)14-20(23(26(34)30-36)27(35)37-3)24(32)29-21-15-18-16-31(22-11-7-6-10-19(18)22)13-9-5-4-8-12-28-25(21)33/h6-7,10-11,16-17,20-21,23,36H,4-5,8-9,12-15H2,1-3H3,(H,28,33)(H,29,32)(H,30,34)/t20-,21?,23?/m1/s1. The summed E-state index contributed by atoms with van der Waals surface area (Å²) in [4.78, 5) is 51.7. The fourth-order valence-corrected chi connectivity index (χ4v) is 5.03. The zero-order valence-corrected chi connectivity index (χ0v) is 21.8. The van der Waals surface area contributed by atoms with E-state index in [0.717, 1.165) is 55.8 Å². The zero-order chi connectivity index (χ0) is 26.9. The van der Waals surface area contributed by atoms with Gasteiger partial charge in [-0.2, -0.15) is 0 Å². The van der Waals surface area contributed by atoms with Crippen LogP contribution in [0.25, 0.3) is 10.9 Å². The number of para-hydroxylation sites is 1. The largest absolute Gasteiger partial charge is 0.468 e. The Morgan fingerprint density at radius 1 is 1.14 bits per heavy atom. The Morgan fingerprint density at radius 3 is 2.57 bits per heavy atom. The van der Waals surface area contributed by atoms with Crippen molar-refractivity contribution >= 4 is 34.6 Å². The number of methoxy groups -OCH3 is 1. The fraction of sp³-hybridized carbons (Fsp3) is 0.556. The van der Waals surface area contributed by atoms with Crippen molar-refractivity contribution < 1.29 is 29.1 Å². The van der Waals surface area contributed by atoms with Gasteiger partial charge in [0.15, 0.2) is 0 Å². The number of nitrogens with zero attached hydrogens (tertiary/aromatic N) is 1. The number of carbonyl (C=O) groups excluding carboxylic acids is 4. The fourth-order valence-electron chi connectivity index (χ4n) is 5.03. The van der Waals surface area contributed by atoms with E-state index in [-0.39, 0.29) is 24.7 Å². The Labute approximate surface area is 217 Å². The van der Waals surface area contributed by atoms with Crippen LogP contribution in [-0.4, -0.2) is 53.2 Å². The molecular weight excluding hydrogens is 476 g/mol.